The minimum absolute atomic E-state index is 0.0459. The van der Waals surface area contributed by atoms with Crippen LogP contribution in [0.1, 0.15) is 36.5 Å². The van der Waals surface area contributed by atoms with Crippen molar-refractivity contribution in [2.24, 2.45) is 0 Å². The zero-order valence-corrected chi connectivity index (χ0v) is 17.1. The van der Waals surface area contributed by atoms with Crippen molar-refractivity contribution in [2.45, 2.75) is 32.2 Å². The second kappa shape index (κ2) is 8.27. The third-order valence-corrected chi connectivity index (χ3v) is 5.57. The number of piperidine rings is 1. The standard InChI is InChI=1S/C19H19BrClN3O3/c1-12-4-2-3-9-23(12)17-11-16(15(21)10-18(17)24(26)27)22-19(25)13-5-7-14(20)8-6-13/h5-8,10-12H,2-4,9H2,1H3,(H,22,25). The van der Waals surface area contributed by atoms with Crippen LogP contribution in [0.2, 0.25) is 5.02 Å². The lowest BCUT2D eigenvalue weighted by molar-refractivity contribution is -0.384. The zero-order chi connectivity index (χ0) is 19.6. The Hall–Kier alpha value is -2.12. The largest absolute Gasteiger partial charge is 0.363 e. The molecule has 8 heteroatoms. The average Bonchev–Trinajstić information content (AvgIpc) is 2.64. The van der Waals surface area contributed by atoms with Gasteiger partial charge in [-0.2, -0.15) is 0 Å². The Morgan fingerprint density at radius 3 is 2.63 bits per heavy atom. The van der Waals surface area contributed by atoms with Crippen LogP contribution < -0.4 is 10.2 Å². The molecule has 1 saturated heterocycles. The first-order chi connectivity index (χ1) is 12.9. The predicted molar refractivity (Wildman–Crippen MR) is 111 cm³/mol. The highest BCUT2D eigenvalue weighted by Gasteiger charge is 2.27. The molecule has 0 aromatic heterocycles. The fourth-order valence-electron chi connectivity index (χ4n) is 3.28. The van der Waals surface area contributed by atoms with E-state index in [1.54, 1.807) is 30.3 Å². The summed E-state index contributed by atoms with van der Waals surface area (Å²) in [5, 5.41) is 14.4. The third kappa shape index (κ3) is 4.42. The van der Waals surface area contributed by atoms with Crippen LogP contribution in [0.25, 0.3) is 0 Å². The van der Waals surface area contributed by atoms with Crippen LogP contribution in [-0.4, -0.2) is 23.4 Å². The second-order valence-electron chi connectivity index (χ2n) is 6.58. The topological polar surface area (TPSA) is 75.5 Å². The Morgan fingerprint density at radius 2 is 2.00 bits per heavy atom. The molecule has 3 rings (SSSR count). The number of hydrogen-bond donors (Lipinski definition) is 1. The Balaban J connectivity index is 1.95. The Morgan fingerprint density at radius 1 is 1.30 bits per heavy atom. The average molecular weight is 453 g/mol. The SMILES string of the molecule is CC1CCCCN1c1cc(NC(=O)c2ccc(Br)cc2)c(Cl)cc1[N+](=O)[O-]. The molecule has 1 unspecified atom stereocenters. The molecule has 1 heterocycles. The van der Waals surface area contributed by atoms with Gasteiger partial charge in [0.2, 0.25) is 0 Å². The molecule has 0 radical (unpaired) electrons. The minimum atomic E-state index is -0.428. The van der Waals surface area contributed by atoms with E-state index >= 15 is 0 Å². The van der Waals surface area contributed by atoms with Crippen LogP contribution in [0.3, 0.4) is 0 Å². The van der Waals surface area contributed by atoms with Crippen molar-refractivity contribution in [3.05, 3.63) is 61.6 Å². The monoisotopic (exact) mass is 451 g/mol. The molecule has 0 aliphatic carbocycles. The Labute approximate surface area is 170 Å². The van der Waals surface area contributed by atoms with Crippen molar-refractivity contribution in [1.82, 2.24) is 0 Å². The molecule has 1 amide bonds. The van der Waals surface area contributed by atoms with Crippen LogP contribution in [0.4, 0.5) is 17.1 Å². The van der Waals surface area contributed by atoms with Crippen LogP contribution in [0.15, 0.2) is 40.9 Å². The number of rotatable bonds is 4. The number of carbonyl (C=O) groups excluding carboxylic acids is 1. The first-order valence-corrected chi connectivity index (χ1v) is 9.85. The zero-order valence-electron chi connectivity index (χ0n) is 14.7. The van der Waals surface area contributed by atoms with E-state index in [0.29, 0.717) is 16.9 Å². The maximum atomic E-state index is 12.5. The molecule has 1 fully saturated rings. The molecule has 1 atom stereocenters. The van der Waals surface area contributed by atoms with Gasteiger partial charge in [0.25, 0.3) is 11.6 Å². The van der Waals surface area contributed by atoms with Crippen LogP contribution in [0, 0.1) is 10.1 Å². The first kappa shape index (κ1) is 19.6. The van der Waals surface area contributed by atoms with Crippen molar-refractivity contribution < 1.29 is 9.72 Å². The Bertz CT molecular complexity index is 873. The van der Waals surface area contributed by atoms with Crippen molar-refractivity contribution in [3.8, 4) is 0 Å². The van der Waals surface area contributed by atoms with E-state index in [2.05, 4.69) is 28.2 Å². The fourth-order valence-corrected chi connectivity index (χ4v) is 3.74. The normalized spacial score (nSPS) is 16.9. The summed E-state index contributed by atoms with van der Waals surface area (Å²) in [7, 11) is 0. The first-order valence-electron chi connectivity index (χ1n) is 8.68. The molecular formula is C19H19BrClN3O3. The number of nitrogens with zero attached hydrogens (tertiary/aromatic N) is 2. The summed E-state index contributed by atoms with van der Waals surface area (Å²) < 4.78 is 0.869. The van der Waals surface area contributed by atoms with Crippen LogP contribution >= 0.6 is 27.5 Å². The van der Waals surface area contributed by atoms with Gasteiger partial charge in [-0.05, 0) is 56.5 Å². The number of nitro groups is 1. The number of benzene rings is 2. The number of carbonyl (C=O) groups is 1. The molecule has 0 spiro atoms. The number of hydrogen-bond acceptors (Lipinski definition) is 4. The highest BCUT2D eigenvalue weighted by Crippen LogP contribution is 2.39. The molecule has 0 bridgehead atoms. The molecule has 0 saturated carbocycles. The number of nitro benzene ring substituents is 1. The number of halogens is 2. The van der Waals surface area contributed by atoms with Gasteiger partial charge in [0.1, 0.15) is 5.69 Å². The lowest BCUT2D eigenvalue weighted by Crippen LogP contribution is -2.37. The van der Waals surface area contributed by atoms with E-state index in [4.69, 9.17) is 11.6 Å². The van der Waals surface area contributed by atoms with Gasteiger partial charge >= 0.3 is 0 Å². The molecule has 1 aliphatic rings. The van der Waals surface area contributed by atoms with Gasteiger partial charge in [0.15, 0.2) is 0 Å². The lowest BCUT2D eigenvalue weighted by atomic mass is 10.0. The Kier molecular flexibility index (Phi) is 6.01. The number of amides is 1. The van der Waals surface area contributed by atoms with Crippen molar-refractivity contribution in [2.75, 3.05) is 16.8 Å². The summed E-state index contributed by atoms with van der Waals surface area (Å²) in [6.45, 7) is 2.79. The van der Waals surface area contributed by atoms with Gasteiger partial charge in [-0.3, -0.25) is 14.9 Å². The van der Waals surface area contributed by atoms with Gasteiger partial charge in [-0.25, -0.2) is 0 Å². The molecule has 142 valence electrons. The molecule has 2 aromatic rings. The summed E-state index contributed by atoms with van der Waals surface area (Å²) in [4.78, 5) is 25.6. The highest BCUT2D eigenvalue weighted by molar-refractivity contribution is 9.10. The number of nitrogens with one attached hydrogen (secondary N) is 1. The van der Waals surface area contributed by atoms with E-state index in [0.717, 1.165) is 30.3 Å². The summed E-state index contributed by atoms with van der Waals surface area (Å²) in [5.41, 5.74) is 1.28. The summed E-state index contributed by atoms with van der Waals surface area (Å²) in [6.07, 6.45) is 3.05. The van der Waals surface area contributed by atoms with Crippen molar-refractivity contribution >= 4 is 50.5 Å². The summed E-state index contributed by atoms with van der Waals surface area (Å²) in [6, 6.07) is 10.0. The summed E-state index contributed by atoms with van der Waals surface area (Å²) in [5.74, 6) is -0.323. The van der Waals surface area contributed by atoms with Crippen LogP contribution in [-0.2, 0) is 0 Å². The van der Waals surface area contributed by atoms with Crippen molar-refractivity contribution in [3.63, 3.8) is 0 Å². The van der Waals surface area contributed by atoms with E-state index in [1.165, 1.54) is 6.07 Å². The molecular weight excluding hydrogens is 434 g/mol. The maximum absolute atomic E-state index is 12.5. The third-order valence-electron chi connectivity index (χ3n) is 4.73. The predicted octanol–water partition coefficient (Wildman–Crippen LogP) is 5.64. The smallest absolute Gasteiger partial charge is 0.294 e. The molecule has 1 N–H and O–H groups in total. The highest BCUT2D eigenvalue weighted by atomic mass is 79.9. The molecule has 2 aromatic carbocycles. The van der Waals surface area contributed by atoms with E-state index in [-0.39, 0.29) is 22.7 Å². The van der Waals surface area contributed by atoms with E-state index < -0.39 is 4.92 Å². The van der Waals surface area contributed by atoms with Crippen molar-refractivity contribution in [1.29, 1.82) is 0 Å². The molecule has 1 aliphatic heterocycles. The van der Waals surface area contributed by atoms with Crippen LogP contribution in [0.5, 0.6) is 0 Å². The molecule has 6 nitrogen and oxygen atoms in total. The second-order valence-corrected chi connectivity index (χ2v) is 7.90. The van der Waals surface area contributed by atoms with E-state index in [9.17, 15) is 14.9 Å². The quantitative estimate of drug-likeness (QED) is 0.481. The maximum Gasteiger partial charge on any atom is 0.294 e. The fraction of sp³-hybridized carbons (Fsp3) is 0.316. The van der Waals surface area contributed by atoms with Gasteiger partial charge in [0, 0.05) is 28.7 Å². The van der Waals surface area contributed by atoms with Gasteiger partial charge in [0.05, 0.1) is 15.6 Å². The summed E-state index contributed by atoms with van der Waals surface area (Å²) >= 11 is 9.56. The number of anilines is 2. The lowest BCUT2D eigenvalue weighted by Gasteiger charge is -2.35. The van der Waals surface area contributed by atoms with Gasteiger partial charge in [-0.15, -0.1) is 0 Å². The minimum Gasteiger partial charge on any atom is -0.363 e. The van der Waals surface area contributed by atoms with Gasteiger partial charge in [-0.1, -0.05) is 27.5 Å². The van der Waals surface area contributed by atoms with Gasteiger partial charge < -0.3 is 10.2 Å². The van der Waals surface area contributed by atoms with E-state index in [1.807, 2.05) is 4.90 Å². The molecule has 27 heavy (non-hydrogen) atoms.